The highest BCUT2D eigenvalue weighted by molar-refractivity contribution is 5.97. The van der Waals surface area contributed by atoms with Crippen LogP contribution in [-0.2, 0) is 10.3 Å². The van der Waals surface area contributed by atoms with Crippen LogP contribution in [0.25, 0.3) is 0 Å². The van der Waals surface area contributed by atoms with Crippen molar-refractivity contribution >= 4 is 11.6 Å². The van der Waals surface area contributed by atoms with Gasteiger partial charge in [0.2, 0.25) is 5.90 Å². The number of benzene rings is 2. The second kappa shape index (κ2) is 5.81. The molecule has 0 amide bonds. The van der Waals surface area contributed by atoms with Gasteiger partial charge in [-0.05, 0) is 49.4 Å². The summed E-state index contributed by atoms with van der Waals surface area (Å²) in [4.78, 5) is 4.68. The molecule has 1 atom stereocenters. The average Bonchev–Trinajstić information content (AvgIpc) is 3.11. The van der Waals surface area contributed by atoms with E-state index < -0.39 is 6.10 Å². The van der Waals surface area contributed by atoms with Crippen LogP contribution in [-0.4, -0.2) is 26.1 Å². The van der Waals surface area contributed by atoms with Crippen molar-refractivity contribution in [1.82, 2.24) is 20.2 Å². The molecular weight excluding hydrogens is 314 g/mol. The topological polar surface area (TPSA) is 65.2 Å². The highest BCUT2D eigenvalue weighted by Crippen LogP contribution is 2.38. The number of hydrogen-bond donors (Lipinski definition) is 0. The highest BCUT2D eigenvalue weighted by atomic mass is 16.5. The van der Waals surface area contributed by atoms with Crippen molar-refractivity contribution in [3.8, 4) is 0 Å². The summed E-state index contributed by atoms with van der Waals surface area (Å²) >= 11 is 0. The zero-order valence-electron chi connectivity index (χ0n) is 14.4. The molecule has 1 aliphatic heterocycles. The molecule has 1 aliphatic rings. The number of tetrazole rings is 1. The monoisotopic (exact) mass is 333 g/mol. The second-order valence-corrected chi connectivity index (χ2v) is 6.96. The van der Waals surface area contributed by atoms with Gasteiger partial charge in [0, 0.05) is 11.1 Å². The van der Waals surface area contributed by atoms with Gasteiger partial charge < -0.3 is 4.74 Å². The number of ether oxygens (including phenoxy) is 1. The van der Waals surface area contributed by atoms with E-state index in [4.69, 9.17) is 4.74 Å². The number of aromatic nitrogens is 4. The third kappa shape index (κ3) is 2.80. The Balaban J connectivity index is 1.85. The number of aliphatic imine (C=N–C) groups is 1. The summed E-state index contributed by atoms with van der Waals surface area (Å²) in [6.45, 7) is 6.19. The third-order valence-corrected chi connectivity index (χ3v) is 4.05. The highest BCUT2D eigenvalue weighted by Gasteiger charge is 2.33. The van der Waals surface area contributed by atoms with Crippen LogP contribution in [0.1, 0.15) is 43.8 Å². The standard InChI is InChI=1S/C19H19N5O/c1-19(2,3)24-17(21-22-23-24)16-14-11-7-8-12-15(14)20-18(25-16)13-9-5-4-6-10-13/h4-12,16H,1-3H3. The first-order chi connectivity index (χ1) is 12.0. The van der Waals surface area contributed by atoms with E-state index in [1.54, 1.807) is 0 Å². The molecule has 126 valence electrons. The molecule has 0 spiro atoms. The van der Waals surface area contributed by atoms with Crippen LogP contribution < -0.4 is 0 Å². The SMILES string of the molecule is CC(C)(C)n1nnnc1C1OC(c2ccccc2)=Nc2ccccc21. The quantitative estimate of drug-likeness (QED) is 0.718. The van der Waals surface area contributed by atoms with E-state index in [0.717, 1.165) is 16.8 Å². The van der Waals surface area contributed by atoms with E-state index in [0.29, 0.717) is 11.7 Å². The van der Waals surface area contributed by atoms with Crippen molar-refractivity contribution in [1.29, 1.82) is 0 Å². The van der Waals surface area contributed by atoms with Gasteiger partial charge in [0.05, 0.1) is 11.2 Å². The summed E-state index contributed by atoms with van der Waals surface area (Å²) in [6, 6.07) is 17.8. The van der Waals surface area contributed by atoms with Crippen molar-refractivity contribution in [2.45, 2.75) is 32.4 Å². The summed E-state index contributed by atoms with van der Waals surface area (Å²) in [5, 5.41) is 12.3. The lowest BCUT2D eigenvalue weighted by atomic mass is 10.0. The molecule has 6 nitrogen and oxygen atoms in total. The van der Waals surface area contributed by atoms with Gasteiger partial charge in [-0.15, -0.1) is 5.10 Å². The van der Waals surface area contributed by atoms with Crippen molar-refractivity contribution < 1.29 is 4.74 Å². The Labute approximate surface area is 146 Å². The van der Waals surface area contributed by atoms with Gasteiger partial charge in [-0.2, -0.15) is 0 Å². The van der Waals surface area contributed by atoms with E-state index in [-0.39, 0.29) is 5.54 Å². The summed E-state index contributed by atoms with van der Waals surface area (Å²) < 4.78 is 8.07. The Bertz CT molecular complexity index is 924. The zero-order valence-corrected chi connectivity index (χ0v) is 14.4. The van der Waals surface area contributed by atoms with E-state index in [1.165, 1.54) is 0 Å². The first kappa shape index (κ1) is 15.5. The van der Waals surface area contributed by atoms with Gasteiger partial charge in [0.25, 0.3) is 0 Å². The summed E-state index contributed by atoms with van der Waals surface area (Å²) in [5.41, 5.74) is 2.51. The fourth-order valence-corrected chi connectivity index (χ4v) is 2.86. The molecule has 6 heteroatoms. The van der Waals surface area contributed by atoms with E-state index in [2.05, 4.69) is 41.3 Å². The Morgan fingerprint density at radius 2 is 1.68 bits per heavy atom. The van der Waals surface area contributed by atoms with Crippen LogP contribution in [0.2, 0.25) is 0 Å². The molecule has 0 N–H and O–H groups in total. The predicted octanol–water partition coefficient (Wildman–Crippen LogP) is 3.63. The summed E-state index contributed by atoms with van der Waals surface area (Å²) in [6.07, 6.45) is -0.405. The largest absolute Gasteiger partial charge is 0.461 e. The molecule has 1 unspecified atom stereocenters. The van der Waals surface area contributed by atoms with Crippen LogP contribution in [0.15, 0.2) is 59.6 Å². The second-order valence-electron chi connectivity index (χ2n) is 6.96. The minimum absolute atomic E-state index is 0.251. The first-order valence-corrected chi connectivity index (χ1v) is 8.22. The normalized spacial score (nSPS) is 16.8. The van der Waals surface area contributed by atoms with Crippen LogP contribution in [0, 0.1) is 0 Å². The molecule has 2 aromatic carbocycles. The Morgan fingerprint density at radius 1 is 0.960 bits per heavy atom. The molecule has 3 aromatic rings. The van der Waals surface area contributed by atoms with Crippen molar-refractivity contribution in [3.05, 3.63) is 71.5 Å². The van der Waals surface area contributed by atoms with Crippen LogP contribution >= 0.6 is 0 Å². The average molecular weight is 333 g/mol. The Kier molecular flexibility index (Phi) is 3.60. The molecule has 0 saturated heterocycles. The number of hydrogen-bond acceptors (Lipinski definition) is 5. The van der Waals surface area contributed by atoms with Crippen molar-refractivity contribution in [2.24, 2.45) is 4.99 Å². The fraction of sp³-hybridized carbons (Fsp3) is 0.263. The Hall–Kier alpha value is -3.02. The lowest BCUT2D eigenvalue weighted by Gasteiger charge is -2.28. The van der Waals surface area contributed by atoms with E-state index >= 15 is 0 Å². The molecule has 2 heterocycles. The maximum atomic E-state index is 6.27. The van der Waals surface area contributed by atoms with Crippen molar-refractivity contribution in [2.75, 3.05) is 0 Å². The van der Waals surface area contributed by atoms with E-state index in [1.807, 2.05) is 59.3 Å². The molecular formula is C19H19N5O. The molecule has 25 heavy (non-hydrogen) atoms. The van der Waals surface area contributed by atoms with Crippen LogP contribution in [0.4, 0.5) is 5.69 Å². The van der Waals surface area contributed by atoms with Gasteiger partial charge >= 0.3 is 0 Å². The molecule has 0 aliphatic carbocycles. The lowest BCUT2D eigenvalue weighted by molar-refractivity contribution is 0.197. The summed E-state index contributed by atoms with van der Waals surface area (Å²) in [5.74, 6) is 1.25. The van der Waals surface area contributed by atoms with Crippen molar-refractivity contribution in [3.63, 3.8) is 0 Å². The van der Waals surface area contributed by atoms with Gasteiger partial charge in [-0.3, -0.25) is 0 Å². The lowest BCUT2D eigenvalue weighted by Crippen LogP contribution is -2.29. The molecule has 0 fully saturated rings. The molecule has 0 saturated carbocycles. The molecule has 0 bridgehead atoms. The minimum atomic E-state index is -0.405. The smallest absolute Gasteiger partial charge is 0.222 e. The Morgan fingerprint density at radius 3 is 2.44 bits per heavy atom. The number of fused-ring (bicyclic) bond motifs is 1. The number of rotatable bonds is 2. The predicted molar refractivity (Wildman–Crippen MR) is 94.8 cm³/mol. The zero-order chi connectivity index (χ0) is 17.4. The molecule has 4 rings (SSSR count). The van der Waals surface area contributed by atoms with Gasteiger partial charge in [0.1, 0.15) is 0 Å². The minimum Gasteiger partial charge on any atom is -0.461 e. The van der Waals surface area contributed by atoms with Gasteiger partial charge in [0.15, 0.2) is 11.9 Å². The molecule has 0 radical (unpaired) electrons. The third-order valence-electron chi connectivity index (χ3n) is 4.05. The van der Waals surface area contributed by atoms with Crippen LogP contribution in [0.5, 0.6) is 0 Å². The number of para-hydroxylation sites is 1. The first-order valence-electron chi connectivity index (χ1n) is 8.22. The van der Waals surface area contributed by atoms with Crippen LogP contribution in [0.3, 0.4) is 0 Å². The maximum absolute atomic E-state index is 6.27. The summed E-state index contributed by atoms with van der Waals surface area (Å²) in [7, 11) is 0. The van der Waals surface area contributed by atoms with Gasteiger partial charge in [-0.25, -0.2) is 9.67 Å². The number of nitrogens with zero attached hydrogens (tertiary/aromatic N) is 5. The molecule has 1 aromatic heterocycles. The van der Waals surface area contributed by atoms with E-state index in [9.17, 15) is 0 Å². The van der Waals surface area contributed by atoms with Gasteiger partial charge in [-0.1, -0.05) is 36.4 Å². The maximum Gasteiger partial charge on any atom is 0.222 e. The fourth-order valence-electron chi connectivity index (χ4n) is 2.86.